The molecule has 0 atom stereocenters. The highest BCUT2D eigenvalue weighted by molar-refractivity contribution is 6.45. The van der Waals surface area contributed by atoms with Gasteiger partial charge in [-0.2, -0.15) is 5.26 Å². The third-order valence-electron chi connectivity index (χ3n) is 0.793. The third kappa shape index (κ3) is 2.95. The molecule has 0 rings (SSSR count). The van der Waals surface area contributed by atoms with Gasteiger partial charge in [0, 0.05) is 7.05 Å². The zero-order chi connectivity index (χ0) is 8.85. The minimum atomic E-state index is -1.01. The number of hydrogen-bond acceptors (Lipinski definition) is 4. The Morgan fingerprint density at radius 1 is 1.55 bits per heavy atom. The molecule has 0 aliphatic carbocycles. The Morgan fingerprint density at radius 3 is 2.45 bits per heavy atom. The van der Waals surface area contributed by atoms with E-state index >= 15 is 0 Å². The van der Waals surface area contributed by atoms with Crippen molar-refractivity contribution in [3.63, 3.8) is 0 Å². The molecule has 0 aromatic rings. The van der Waals surface area contributed by atoms with Crippen LogP contribution >= 0.6 is 0 Å². The van der Waals surface area contributed by atoms with Gasteiger partial charge in [0.2, 0.25) is 0 Å². The molecule has 0 saturated carbocycles. The van der Waals surface area contributed by atoms with Gasteiger partial charge in [0.1, 0.15) is 6.07 Å². The molecule has 3 amide bonds. The number of carbonyl (C=O) groups excluding carboxylic acids is 2. The van der Waals surface area contributed by atoms with Gasteiger partial charge in [0.25, 0.3) is 5.91 Å². The van der Waals surface area contributed by atoms with Crippen LogP contribution in [0.3, 0.4) is 0 Å². The van der Waals surface area contributed by atoms with E-state index < -0.39 is 17.6 Å². The summed E-state index contributed by atoms with van der Waals surface area (Å²) in [6, 6.07) is 0.545. The summed E-state index contributed by atoms with van der Waals surface area (Å²) >= 11 is 0. The van der Waals surface area contributed by atoms with E-state index in [1.165, 1.54) is 13.1 Å². The molecular formula is C5H6N4O2. The summed E-state index contributed by atoms with van der Waals surface area (Å²) in [6.45, 7) is 0. The van der Waals surface area contributed by atoms with Crippen LogP contribution in [0, 0.1) is 16.7 Å². The van der Waals surface area contributed by atoms with Crippen molar-refractivity contribution in [1.29, 1.82) is 10.7 Å². The smallest absolute Gasteiger partial charge is 0.321 e. The number of amides is 3. The lowest BCUT2D eigenvalue weighted by Gasteiger charge is -1.97. The number of nitrogens with zero attached hydrogens (tertiary/aromatic N) is 1. The zero-order valence-electron chi connectivity index (χ0n) is 5.76. The first-order valence-electron chi connectivity index (χ1n) is 2.63. The standard InChI is InChI=1S/C5H6N4O2/c1-8-5(11)9-4(10)3(7)2-6/h7H,1H3,(H2,8,9,10,11). The van der Waals surface area contributed by atoms with Crippen LogP contribution in [0.2, 0.25) is 0 Å². The van der Waals surface area contributed by atoms with Crippen molar-refractivity contribution in [2.45, 2.75) is 0 Å². The van der Waals surface area contributed by atoms with E-state index in [0.717, 1.165) is 0 Å². The van der Waals surface area contributed by atoms with Crippen LogP contribution in [-0.4, -0.2) is 24.7 Å². The summed E-state index contributed by atoms with van der Waals surface area (Å²) in [6.07, 6.45) is 0. The summed E-state index contributed by atoms with van der Waals surface area (Å²) < 4.78 is 0. The van der Waals surface area contributed by atoms with Crippen LogP contribution in [0.15, 0.2) is 0 Å². The summed E-state index contributed by atoms with van der Waals surface area (Å²) in [5.41, 5.74) is -0.798. The quantitative estimate of drug-likeness (QED) is 0.421. The van der Waals surface area contributed by atoms with E-state index in [-0.39, 0.29) is 0 Å². The van der Waals surface area contributed by atoms with E-state index in [0.29, 0.717) is 0 Å². The van der Waals surface area contributed by atoms with Gasteiger partial charge in [-0.3, -0.25) is 15.5 Å². The molecule has 58 valence electrons. The van der Waals surface area contributed by atoms with Gasteiger partial charge in [-0.25, -0.2) is 4.79 Å². The van der Waals surface area contributed by atoms with Crippen LogP contribution in [-0.2, 0) is 4.79 Å². The molecular weight excluding hydrogens is 148 g/mol. The second-order valence-electron chi connectivity index (χ2n) is 1.52. The summed E-state index contributed by atoms with van der Waals surface area (Å²) in [5, 5.41) is 18.5. The molecule has 0 aliphatic heterocycles. The first-order chi connectivity index (χ1) is 5.11. The van der Waals surface area contributed by atoms with E-state index in [9.17, 15) is 9.59 Å². The zero-order valence-corrected chi connectivity index (χ0v) is 5.76. The monoisotopic (exact) mass is 154 g/mol. The molecule has 0 aromatic carbocycles. The van der Waals surface area contributed by atoms with Gasteiger partial charge >= 0.3 is 6.03 Å². The Hall–Kier alpha value is -1.90. The Labute approximate surface area is 62.7 Å². The second-order valence-corrected chi connectivity index (χ2v) is 1.52. The average Bonchev–Trinajstić information content (AvgIpc) is 2.02. The lowest BCUT2D eigenvalue weighted by atomic mass is 10.4. The molecule has 0 bridgehead atoms. The number of urea groups is 1. The maximum atomic E-state index is 10.5. The number of nitrogens with one attached hydrogen (secondary N) is 3. The minimum absolute atomic E-state index is 0.741. The van der Waals surface area contributed by atoms with Crippen LogP contribution < -0.4 is 10.6 Å². The van der Waals surface area contributed by atoms with Crippen molar-refractivity contribution >= 4 is 17.6 Å². The van der Waals surface area contributed by atoms with Gasteiger partial charge in [-0.15, -0.1) is 0 Å². The van der Waals surface area contributed by atoms with E-state index in [1.807, 2.05) is 0 Å². The summed E-state index contributed by atoms with van der Waals surface area (Å²) in [4.78, 5) is 20.9. The maximum Gasteiger partial charge on any atom is 0.321 e. The third-order valence-corrected chi connectivity index (χ3v) is 0.793. The lowest BCUT2D eigenvalue weighted by Crippen LogP contribution is -2.40. The van der Waals surface area contributed by atoms with Crippen LogP contribution in [0.1, 0.15) is 0 Å². The van der Waals surface area contributed by atoms with Crippen molar-refractivity contribution in [2.75, 3.05) is 7.05 Å². The Kier molecular flexibility index (Phi) is 3.31. The molecule has 0 radical (unpaired) electrons. The molecule has 0 spiro atoms. The SMILES string of the molecule is CNC(=O)NC(=O)C(=N)C#N. The predicted molar refractivity (Wildman–Crippen MR) is 35.9 cm³/mol. The number of imide groups is 1. The fraction of sp³-hybridized carbons (Fsp3) is 0.200. The number of nitriles is 1. The topological polar surface area (TPSA) is 106 Å². The van der Waals surface area contributed by atoms with Gasteiger partial charge in [0.15, 0.2) is 5.71 Å². The number of hydrogen-bond donors (Lipinski definition) is 3. The predicted octanol–water partition coefficient (Wildman–Crippen LogP) is -1.01. The Bertz CT molecular complexity index is 239. The molecule has 0 aromatic heterocycles. The molecule has 0 heterocycles. The van der Waals surface area contributed by atoms with E-state index in [2.05, 4.69) is 5.32 Å². The van der Waals surface area contributed by atoms with Crippen LogP contribution in [0.5, 0.6) is 0 Å². The molecule has 0 saturated heterocycles. The van der Waals surface area contributed by atoms with Crippen LogP contribution in [0.4, 0.5) is 4.79 Å². The highest BCUT2D eigenvalue weighted by Gasteiger charge is 2.10. The summed E-state index contributed by atoms with van der Waals surface area (Å²) in [5.74, 6) is -1.01. The van der Waals surface area contributed by atoms with Gasteiger partial charge in [-0.1, -0.05) is 0 Å². The number of rotatable bonds is 1. The van der Waals surface area contributed by atoms with Crippen molar-refractivity contribution in [1.82, 2.24) is 10.6 Å². The first kappa shape index (κ1) is 9.10. The number of carbonyl (C=O) groups is 2. The molecule has 0 aliphatic rings. The first-order valence-corrected chi connectivity index (χ1v) is 2.63. The molecule has 0 unspecified atom stereocenters. The van der Waals surface area contributed by atoms with Gasteiger partial charge < -0.3 is 5.32 Å². The molecule has 6 heteroatoms. The fourth-order valence-electron chi connectivity index (χ4n) is 0.279. The molecule has 3 N–H and O–H groups in total. The highest BCUT2D eigenvalue weighted by atomic mass is 16.2. The van der Waals surface area contributed by atoms with Crippen molar-refractivity contribution in [3.05, 3.63) is 0 Å². The molecule has 6 nitrogen and oxygen atoms in total. The van der Waals surface area contributed by atoms with E-state index in [4.69, 9.17) is 10.7 Å². The Balaban J connectivity index is 4.01. The van der Waals surface area contributed by atoms with Crippen LogP contribution in [0.25, 0.3) is 0 Å². The molecule has 11 heavy (non-hydrogen) atoms. The van der Waals surface area contributed by atoms with Gasteiger partial charge in [0.05, 0.1) is 0 Å². The van der Waals surface area contributed by atoms with E-state index in [1.54, 1.807) is 5.32 Å². The summed E-state index contributed by atoms with van der Waals surface area (Å²) in [7, 11) is 1.32. The largest absolute Gasteiger partial charge is 0.341 e. The maximum absolute atomic E-state index is 10.5. The highest BCUT2D eigenvalue weighted by Crippen LogP contribution is 1.70. The fourth-order valence-corrected chi connectivity index (χ4v) is 0.279. The van der Waals surface area contributed by atoms with Gasteiger partial charge in [-0.05, 0) is 0 Å². The molecule has 0 fully saturated rings. The minimum Gasteiger partial charge on any atom is -0.341 e. The van der Waals surface area contributed by atoms with Crippen molar-refractivity contribution < 1.29 is 9.59 Å². The lowest BCUT2D eigenvalue weighted by molar-refractivity contribution is -0.113. The average molecular weight is 154 g/mol. The second kappa shape index (κ2) is 4.00. The normalized spacial score (nSPS) is 7.64. The van der Waals surface area contributed by atoms with Crippen molar-refractivity contribution in [3.8, 4) is 6.07 Å². The Morgan fingerprint density at radius 2 is 2.09 bits per heavy atom. The van der Waals surface area contributed by atoms with Crippen molar-refractivity contribution in [2.24, 2.45) is 0 Å².